The molecule has 0 radical (unpaired) electrons. The van der Waals surface area contributed by atoms with Gasteiger partial charge < -0.3 is 18.9 Å². The van der Waals surface area contributed by atoms with Crippen LogP contribution in [0.5, 0.6) is 0 Å². The fourth-order valence-corrected chi connectivity index (χ4v) is 9.71. The SMILES string of the molecule is CC1=C2OC(=O)C(C)=C2OC1=O.CC1=C2OC(=S)C(C)=C2OC1=S.CC1=C2SC(=O)C(C)=C2SC1=O.CC1=C2SC(=S)C(C)=C2SC1=O. The van der Waals surface area contributed by atoms with Crippen molar-refractivity contribution in [2.75, 3.05) is 0 Å². The van der Waals surface area contributed by atoms with Crippen LogP contribution in [0, 0.1) is 0 Å². The van der Waals surface area contributed by atoms with E-state index in [1.165, 1.54) is 35.3 Å². The van der Waals surface area contributed by atoms with E-state index in [0.29, 0.717) is 32.8 Å². The third-order valence-electron chi connectivity index (χ3n) is 7.56. The molecular weight excluding hydrogens is 753 g/mol. The Morgan fingerprint density at radius 2 is 0.667 bits per heavy atom. The maximum Gasteiger partial charge on any atom is 0.343 e. The van der Waals surface area contributed by atoms with Crippen molar-refractivity contribution in [3.63, 3.8) is 0 Å². The zero-order chi connectivity index (χ0) is 35.5. The summed E-state index contributed by atoms with van der Waals surface area (Å²) in [6.07, 6.45) is 0. The molecule has 0 spiro atoms. The second kappa shape index (κ2) is 13.8. The molecule has 0 amide bonds. The fraction of sp³-hybridized carbons (Fsp3) is 0.250. The summed E-state index contributed by atoms with van der Waals surface area (Å²) in [4.78, 5) is 59.4. The molecule has 8 aliphatic heterocycles. The number of carbonyl (C=O) groups is 5. The molecule has 8 aliphatic rings. The van der Waals surface area contributed by atoms with Crippen molar-refractivity contribution in [1.29, 1.82) is 0 Å². The quantitative estimate of drug-likeness (QED) is 0.175. The molecule has 48 heavy (non-hydrogen) atoms. The molecule has 0 N–H and O–H groups in total. The Bertz CT molecular complexity index is 1600. The Labute approximate surface area is 308 Å². The van der Waals surface area contributed by atoms with E-state index >= 15 is 0 Å². The minimum atomic E-state index is -0.438. The van der Waals surface area contributed by atoms with Crippen molar-refractivity contribution in [3.05, 3.63) is 87.2 Å². The zero-order valence-corrected chi connectivity index (χ0v) is 32.2. The molecule has 9 nitrogen and oxygen atoms in total. The molecule has 0 atom stereocenters. The number of hydrogen-bond acceptors (Lipinski definition) is 16. The van der Waals surface area contributed by atoms with Crippen molar-refractivity contribution in [3.8, 4) is 0 Å². The van der Waals surface area contributed by atoms with E-state index in [4.69, 9.17) is 55.6 Å². The Kier molecular flexibility index (Phi) is 10.5. The first-order valence-electron chi connectivity index (χ1n) is 13.9. The monoisotopic (exact) mass is 776 g/mol. The average Bonchev–Trinajstić information content (AvgIpc) is 3.90. The predicted molar refractivity (Wildman–Crippen MR) is 199 cm³/mol. The number of hydrogen-bond donors (Lipinski definition) is 0. The molecule has 0 fully saturated rings. The smallest absolute Gasteiger partial charge is 0.343 e. The number of thioether (sulfide) groups is 4. The molecule has 0 aliphatic carbocycles. The first kappa shape index (κ1) is 36.4. The summed E-state index contributed by atoms with van der Waals surface area (Å²) in [5.74, 6) is 1.08. The maximum absolute atomic E-state index is 11.3. The minimum absolute atomic E-state index is 0.0827. The standard InChI is InChI=1S/C8H6O4.2C8H6O2S2.C8H6OS3/c2*1-3-5-6(12-7(3)9)4(2)8(10)11-5;1-3-5-6(10-7(3)11)4(2)8(12)9-5;1-3-5-6(11-7(3)9)4(2)8(10)12-5/h4*1-2H3. The van der Waals surface area contributed by atoms with Crippen LogP contribution in [0.3, 0.4) is 0 Å². The normalized spacial score (nSPS) is 22.2. The number of fused-ring (bicyclic) bond motifs is 4. The summed E-state index contributed by atoms with van der Waals surface area (Å²) in [5.41, 5.74) is 5.85. The Hall–Kier alpha value is -2.86. The van der Waals surface area contributed by atoms with E-state index in [1.54, 1.807) is 39.5 Å². The molecule has 0 saturated carbocycles. The molecule has 0 bridgehead atoms. The van der Waals surface area contributed by atoms with Gasteiger partial charge in [0, 0.05) is 47.5 Å². The van der Waals surface area contributed by atoms with Gasteiger partial charge in [-0.1, -0.05) is 24.0 Å². The average molecular weight is 777 g/mol. The molecule has 0 unspecified atom stereocenters. The number of ether oxygens (including phenoxy) is 4. The number of rotatable bonds is 0. The minimum Gasteiger partial charge on any atom is -0.441 e. The van der Waals surface area contributed by atoms with Crippen LogP contribution in [0.25, 0.3) is 0 Å². The third kappa shape index (κ3) is 6.43. The van der Waals surface area contributed by atoms with E-state index in [1.807, 2.05) is 27.7 Å². The largest absolute Gasteiger partial charge is 0.441 e. The Balaban J connectivity index is 0.000000125. The highest BCUT2D eigenvalue weighted by Crippen LogP contribution is 2.52. The number of carbonyl (C=O) groups excluding carboxylic acids is 5. The lowest BCUT2D eigenvalue weighted by Gasteiger charge is -1.97. The van der Waals surface area contributed by atoms with Crippen LogP contribution < -0.4 is 0 Å². The summed E-state index contributed by atoms with van der Waals surface area (Å²) in [7, 11) is 0. The molecule has 0 aromatic heterocycles. The summed E-state index contributed by atoms with van der Waals surface area (Å²) < 4.78 is 21.1. The van der Waals surface area contributed by atoms with E-state index in [0.717, 1.165) is 57.3 Å². The summed E-state index contributed by atoms with van der Waals surface area (Å²) in [5, 5.41) is 1.32. The Morgan fingerprint density at radius 1 is 0.375 bits per heavy atom. The van der Waals surface area contributed by atoms with Crippen LogP contribution in [0.1, 0.15) is 55.4 Å². The van der Waals surface area contributed by atoms with Gasteiger partial charge in [-0.3, -0.25) is 14.4 Å². The predicted octanol–water partition coefficient (Wildman–Crippen LogP) is 7.86. The van der Waals surface area contributed by atoms with E-state index in [2.05, 4.69) is 0 Å². The molecule has 0 aromatic carbocycles. The zero-order valence-electron chi connectivity index (χ0n) is 26.5. The van der Waals surface area contributed by atoms with Crippen LogP contribution in [-0.4, -0.2) is 41.6 Å². The van der Waals surface area contributed by atoms with Crippen molar-refractivity contribution in [1.82, 2.24) is 0 Å². The second-order valence-electron chi connectivity index (χ2n) is 10.7. The van der Waals surface area contributed by atoms with Gasteiger partial charge in [-0.05, 0) is 121 Å². The fourth-order valence-electron chi connectivity index (χ4n) is 4.44. The molecule has 0 saturated heterocycles. The van der Waals surface area contributed by atoms with Gasteiger partial charge >= 0.3 is 11.9 Å². The van der Waals surface area contributed by atoms with Gasteiger partial charge in [0.05, 0.1) is 15.3 Å². The maximum atomic E-state index is 11.3. The van der Waals surface area contributed by atoms with Crippen molar-refractivity contribution >= 4 is 125 Å². The topological polar surface area (TPSA) is 122 Å². The van der Waals surface area contributed by atoms with Crippen LogP contribution in [-0.2, 0) is 42.9 Å². The van der Waals surface area contributed by atoms with Gasteiger partial charge in [0.25, 0.3) is 0 Å². The molecule has 8 rings (SSSR count). The van der Waals surface area contributed by atoms with Gasteiger partial charge in [-0.15, -0.1) is 0 Å². The van der Waals surface area contributed by atoms with Crippen LogP contribution in [0.2, 0.25) is 0 Å². The Morgan fingerprint density at radius 3 is 1.00 bits per heavy atom. The van der Waals surface area contributed by atoms with E-state index in [9.17, 15) is 24.0 Å². The van der Waals surface area contributed by atoms with Gasteiger partial charge in [0.1, 0.15) is 0 Å². The van der Waals surface area contributed by atoms with Crippen LogP contribution in [0.15, 0.2) is 87.2 Å². The molecule has 248 valence electrons. The van der Waals surface area contributed by atoms with Gasteiger partial charge in [0.15, 0.2) is 33.1 Å². The molecular formula is C32H24O9S7. The molecule has 8 heterocycles. The number of thiocarbonyl (C=S) groups is 3. The van der Waals surface area contributed by atoms with Crippen molar-refractivity contribution in [2.24, 2.45) is 0 Å². The van der Waals surface area contributed by atoms with Crippen molar-refractivity contribution < 1.29 is 42.9 Å². The second-order valence-corrected chi connectivity index (χ2v) is 16.1. The lowest BCUT2D eigenvalue weighted by atomic mass is 10.2. The van der Waals surface area contributed by atoms with Gasteiger partial charge in [-0.25, -0.2) is 9.59 Å². The highest BCUT2D eigenvalue weighted by atomic mass is 32.2. The van der Waals surface area contributed by atoms with E-state index < -0.39 is 11.9 Å². The first-order valence-corrected chi connectivity index (χ1v) is 18.4. The number of esters is 2. The molecule has 0 aromatic rings. The van der Waals surface area contributed by atoms with Gasteiger partial charge in [0.2, 0.25) is 15.3 Å². The summed E-state index contributed by atoms with van der Waals surface area (Å²) in [6.45, 7) is 14.3. The van der Waals surface area contributed by atoms with Crippen molar-refractivity contribution in [2.45, 2.75) is 55.4 Å². The lowest BCUT2D eigenvalue weighted by Crippen LogP contribution is -2.01. The van der Waals surface area contributed by atoms with E-state index in [-0.39, 0.29) is 26.9 Å². The highest BCUT2D eigenvalue weighted by molar-refractivity contribution is 8.29. The van der Waals surface area contributed by atoms with Crippen LogP contribution in [0.4, 0.5) is 0 Å². The lowest BCUT2D eigenvalue weighted by molar-refractivity contribution is -0.133. The first-order chi connectivity index (χ1) is 22.4. The highest BCUT2D eigenvalue weighted by Gasteiger charge is 2.39. The van der Waals surface area contributed by atoms with Crippen LogP contribution >= 0.6 is 83.7 Å². The summed E-state index contributed by atoms with van der Waals surface area (Å²) >= 11 is 20.3. The van der Waals surface area contributed by atoms with Gasteiger partial charge in [-0.2, -0.15) is 0 Å². The third-order valence-corrected chi connectivity index (χ3v) is 14.0. The summed E-state index contributed by atoms with van der Waals surface area (Å²) in [6, 6.07) is 0. The molecule has 16 heteroatoms.